The van der Waals surface area contributed by atoms with Gasteiger partial charge in [0.05, 0.1) is 0 Å². The van der Waals surface area contributed by atoms with Gasteiger partial charge in [0.1, 0.15) is 5.41 Å². The summed E-state index contributed by atoms with van der Waals surface area (Å²) < 4.78 is 0. The van der Waals surface area contributed by atoms with Crippen molar-refractivity contribution >= 4 is 23.4 Å². The highest BCUT2D eigenvalue weighted by Crippen LogP contribution is 2.39. The maximum atomic E-state index is 12.1. The van der Waals surface area contributed by atoms with E-state index in [1.165, 1.54) is 6.92 Å². The van der Waals surface area contributed by atoms with Crippen LogP contribution in [0.3, 0.4) is 0 Å². The van der Waals surface area contributed by atoms with Crippen molar-refractivity contribution in [3.63, 3.8) is 0 Å². The van der Waals surface area contributed by atoms with E-state index < -0.39 is 11.4 Å². The number of halogens is 1. The fourth-order valence-corrected chi connectivity index (χ4v) is 2.61. The number of ketones is 1. The molecule has 1 aromatic rings. The Morgan fingerprint density at radius 2 is 2.06 bits per heavy atom. The first-order chi connectivity index (χ1) is 8.43. The van der Waals surface area contributed by atoms with Gasteiger partial charge in [0.2, 0.25) is 0 Å². The molecule has 1 aliphatic rings. The molecule has 18 heavy (non-hydrogen) atoms. The summed E-state index contributed by atoms with van der Waals surface area (Å²) in [6.07, 6.45) is 1.67. The Labute approximate surface area is 111 Å². The van der Waals surface area contributed by atoms with Gasteiger partial charge in [0.25, 0.3) is 0 Å². The molecule has 1 aromatic carbocycles. The predicted octanol–water partition coefficient (Wildman–Crippen LogP) is 2.95. The van der Waals surface area contributed by atoms with Gasteiger partial charge >= 0.3 is 5.97 Å². The van der Waals surface area contributed by atoms with E-state index in [-0.39, 0.29) is 11.7 Å². The second-order valence-electron chi connectivity index (χ2n) is 5.07. The zero-order valence-electron chi connectivity index (χ0n) is 10.1. The minimum atomic E-state index is -1.20. The second kappa shape index (κ2) is 4.73. The molecule has 2 atom stereocenters. The number of rotatable bonds is 3. The molecule has 2 rings (SSSR count). The average molecular weight is 267 g/mol. The van der Waals surface area contributed by atoms with Gasteiger partial charge in [-0.05, 0) is 43.9 Å². The lowest BCUT2D eigenvalue weighted by Gasteiger charge is -2.16. The molecule has 0 heterocycles. The molecule has 1 N–H and O–H groups in total. The summed E-state index contributed by atoms with van der Waals surface area (Å²) in [6, 6.07) is 7.33. The van der Waals surface area contributed by atoms with Crippen molar-refractivity contribution in [2.45, 2.75) is 26.2 Å². The zero-order valence-corrected chi connectivity index (χ0v) is 10.9. The van der Waals surface area contributed by atoms with Crippen molar-refractivity contribution in [3.8, 4) is 0 Å². The first kappa shape index (κ1) is 13.1. The smallest absolute Gasteiger partial charge is 0.316 e. The molecule has 1 saturated carbocycles. The van der Waals surface area contributed by atoms with Crippen LogP contribution in [-0.2, 0) is 16.0 Å². The Balaban J connectivity index is 2.11. The predicted molar refractivity (Wildman–Crippen MR) is 68.6 cm³/mol. The Morgan fingerprint density at radius 1 is 1.44 bits per heavy atom. The fraction of sp³-hybridized carbons (Fsp3) is 0.429. The van der Waals surface area contributed by atoms with Crippen LogP contribution in [0.2, 0.25) is 5.02 Å². The van der Waals surface area contributed by atoms with Crippen molar-refractivity contribution < 1.29 is 14.7 Å². The van der Waals surface area contributed by atoms with Gasteiger partial charge < -0.3 is 5.11 Å². The molecule has 96 valence electrons. The zero-order chi connectivity index (χ0) is 13.3. The third-order valence-corrected chi connectivity index (χ3v) is 4.03. The van der Waals surface area contributed by atoms with Crippen molar-refractivity contribution in [3.05, 3.63) is 34.9 Å². The van der Waals surface area contributed by atoms with Crippen LogP contribution in [0.5, 0.6) is 0 Å². The van der Waals surface area contributed by atoms with Gasteiger partial charge in [-0.1, -0.05) is 23.7 Å². The molecule has 1 aliphatic carbocycles. The van der Waals surface area contributed by atoms with E-state index in [0.717, 1.165) is 5.56 Å². The monoisotopic (exact) mass is 266 g/mol. The summed E-state index contributed by atoms with van der Waals surface area (Å²) in [5.74, 6) is -1.34. The van der Waals surface area contributed by atoms with Crippen molar-refractivity contribution in [1.82, 2.24) is 0 Å². The first-order valence-corrected chi connectivity index (χ1v) is 6.33. The second-order valence-corrected chi connectivity index (χ2v) is 5.50. The van der Waals surface area contributed by atoms with Crippen LogP contribution >= 0.6 is 11.6 Å². The maximum absolute atomic E-state index is 12.1. The number of Topliss-reactive ketones (excluding diaryl/α,β-unsaturated/α-hetero) is 1. The van der Waals surface area contributed by atoms with Crippen LogP contribution in [0.15, 0.2) is 24.3 Å². The Bertz CT molecular complexity index is 480. The van der Waals surface area contributed by atoms with Gasteiger partial charge in [-0.3, -0.25) is 9.59 Å². The fourth-order valence-electron chi connectivity index (χ4n) is 2.48. The maximum Gasteiger partial charge on any atom is 0.316 e. The van der Waals surface area contributed by atoms with Crippen molar-refractivity contribution in [2.24, 2.45) is 11.3 Å². The number of carbonyl (C=O) groups is 2. The third kappa shape index (κ3) is 2.27. The highest BCUT2D eigenvalue weighted by molar-refractivity contribution is 6.30. The number of carbonyl (C=O) groups excluding carboxylic acids is 1. The van der Waals surface area contributed by atoms with Gasteiger partial charge in [0, 0.05) is 10.9 Å². The molecule has 0 radical (unpaired) electrons. The number of carboxylic acids is 1. The Hall–Kier alpha value is -1.35. The molecule has 0 spiro atoms. The van der Waals surface area contributed by atoms with E-state index in [2.05, 4.69) is 0 Å². The Kier molecular flexibility index (Phi) is 3.44. The number of carboxylic acid groups (broad SMARTS) is 1. The lowest BCUT2D eigenvalue weighted by Crippen LogP contribution is -2.34. The molecular weight excluding hydrogens is 252 g/mol. The number of hydrogen-bond donors (Lipinski definition) is 1. The van der Waals surface area contributed by atoms with Gasteiger partial charge in [-0.2, -0.15) is 0 Å². The molecule has 0 aliphatic heterocycles. The first-order valence-electron chi connectivity index (χ1n) is 5.95. The van der Waals surface area contributed by atoms with E-state index in [0.29, 0.717) is 24.3 Å². The molecule has 0 bridgehead atoms. The molecule has 0 aromatic heterocycles. The Morgan fingerprint density at radius 3 is 2.56 bits per heavy atom. The lowest BCUT2D eigenvalue weighted by molar-refractivity contribution is -0.152. The highest BCUT2D eigenvalue weighted by Gasteiger charge is 2.49. The molecule has 4 heteroatoms. The summed E-state index contributed by atoms with van der Waals surface area (Å²) in [6.45, 7) is 1.53. The molecule has 3 nitrogen and oxygen atoms in total. The summed E-state index contributed by atoms with van der Waals surface area (Å²) in [5.41, 5.74) is -0.177. The highest BCUT2D eigenvalue weighted by atomic mass is 35.5. The van der Waals surface area contributed by atoms with Crippen molar-refractivity contribution in [2.75, 3.05) is 0 Å². The summed E-state index contributed by atoms with van der Waals surface area (Å²) in [5, 5.41) is 9.78. The molecule has 0 amide bonds. The largest absolute Gasteiger partial charge is 0.481 e. The number of hydrogen-bond acceptors (Lipinski definition) is 2. The van der Waals surface area contributed by atoms with Crippen LogP contribution in [0, 0.1) is 11.3 Å². The lowest BCUT2D eigenvalue weighted by atomic mass is 9.85. The van der Waals surface area contributed by atoms with Gasteiger partial charge in [-0.15, -0.1) is 0 Å². The van der Waals surface area contributed by atoms with Gasteiger partial charge in [0.15, 0.2) is 5.78 Å². The normalized spacial score (nSPS) is 27.4. The summed E-state index contributed by atoms with van der Waals surface area (Å²) in [7, 11) is 0. The molecule has 2 unspecified atom stereocenters. The molecule has 0 saturated heterocycles. The van der Waals surface area contributed by atoms with Crippen LogP contribution in [0.1, 0.15) is 25.3 Å². The SMILES string of the molecule is CC1(C(=O)O)CCC(Cc2ccc(Cl)cc2)C1=O. The van der Waals surface area contributed by atoms with Crippen molar-refractivity contribution in [1.29, 1.82) is 0 Å². The van der Waals surface area contributed by atoms with Crippen LogP contribution in [-0.4, -0.2) is 16.9 Å². The summed E-state index contributed by atoms with van der Waals surface area (Å²) >= 11 is 5.80. The number of benzene rings is 1. The average Bonchev–Trinajstić information content (AvgIpc) is 2.62. The minimum Gasteiger partial charge on any atom is -0.481 e. The van der Waals surface area contributed by atoms with E-state index in [4.69, 9.17) is 16.7 Å². The van der Waals surface area contributed by atoms with Crippen LogP contribution in [0.25, 0.3) is 0 Å². The standard InChI is InChI=1S/C14H15ClO3/c1-14(13(17)18)7-6-10(12(14)16)8-9-2-4-11(15)5-3-9/h2-5,10H,6-8H2,1H3,(H,17,18). The quantitative estimate of drug-likeness (QED) is 0.856. The molecular formula is C14H15ClO3. The number of aliphatic carboxylic acids is 1. The van der Waals surface area contributed by atoms with Crippen LogP contribution in [0.4, 0.5) is 0 Å². The third-order valence-electron chi connectivity index (χ3n) is 3.77. The minimum absolute atomic E-state index is 0.148. The van der Waals surface area contributed by atoms with E-state index >= 15 is 0 Å². The topological polar surface area (TPSA) is 54.4 Å². The molecule has 1 fully saturated rings. The van der Waals surface area contributed by atoms with E-state index in [9.17, 15) is 9.59 Å². The summed E-state index contributed by atoms with van der Waals surface area (Å²) in [4.78, 5) is 23.3. The van der Waals surface area contributed by atoms with E-state index in [1.807, 2.05) is 12.1 Å². The van der Waals surface area contributed by atoms with E-state index in [1.54, 1.807) is 12.1 Å². The van der Waals surface area contributed by atoms with Gasteiger partial charge in [-0.25, -0.2) is 0 Å². The van der Waals surface area contributed by atoms with Crippen LogP contribution < -0.4 is 0 Å².